The first-order valence-corrected chi connectivity index (χ1v) is 14.6. The van der Waals surface area contributed by atoms with E-state index in [-0.39, 0.29) is 11.0 Å². The molecule has 0 spiro atoms. The van der Waals surface area contributed by atoms with Gasteiger partial charge in [-0.05, 0) is 73.8 Å². The number of aromatic nitrogens is 2. The molecule has 2 aromatic heterocycles. The summed E-state index contributed by atoms with van der Waals surface area (Å²) in [7, 11) is 0. The van der Waals surface area contributed by atoms with E-state index in [1.807, 2.05) is 35.8 Å². The van der Waals surface area contributed by atoms with Gasteiger partial charge in [-0.1, -0.05) is 58.7 Å². The summed E-state index contributed by atoms with van der Waals surface area (Å²) < 4.78 is 7.46. The molecule has 4 nitrogen and oxygen atoms in total. The molecule has 1 atom stereocenters. The van der Waals surface area contributed by atoms with Crippen LogP contribution in [0.2, 0.25) is 0 Å². The number of nitrogens with zero attached hydrogens (tertiary/aromatic N) is 2. The van der Waals surface area contributed by atoms with Crippen LogP contribution in [-0.4, -0.2) is 21.9 Å². The van der Waals surface area contributed by atoms with Crippen LogP contribution in [0.15, 0.2) is 34.2 Å². The third-order valence-electron chi connectivity index (χ3n) is 6.91. The van der Waals surface area contributed by atoms with Crippen molar-refractivity contribution in [3.8, 4) is 11.4 Å². The van der Waals surface area contributed by atoms with E-state index in [4.69, 9.17) is 9.72 Å². The molecule has 2 heterocycles. The predicted octanol–water partition coefficient (Wildman–Crippen LogP) is 7.67. The van der Waals surface area contributed by atoms with Crippen molar-refractivity contribution < 1.29 is 4.74 Å². The minimum Gasteiger partial charge on any atom is -0.494 e. The number of fused-ring (bicyclic) bond motifs is 3. The lowest BCUT2D eigenvalue weighted by atomic mass is 9.72. The van der Waals surface area contributed by atoms with Crippen molar-refractivity contribution in [1.82, 2.24) is 9.55 Å². The quantitative estimate of drug-likeness (QED) is 0.172. The summed E-state index contributed by atoms with van der Waals surface area (Å²) >= 11 is 3.46. The Morgan fingerprint density at radius 3 is 2.59 bits per heavy atom. The molecular weight excluding hydrogens is 460 g/mol. The number of ether oxygens (including phenoxy) is 1. The van der Waals surface area contributed by atoms with Gasteiger partial charge in [0.25, 0.3) is 5.56 Å². The summed E-state index contributed by atoms with van der Waals surface area (Å²) in [6.45, 7) is 11.8. The van der Waals surface area contributed by atoms with E-state index in [2.05, 4.69) is 27.7 Å². The van der Waals surface area contributed by atoms with Crippen molar-refractivity contribution in [2.45, 2.75) is 84.7 Å². The molecule has 34 heavy (non-hydrogen) atoms. The van der Waals surface area contributed by atoms with Crippen LogP contribution in [0.5, 0.6) is 5.75 Å². The van der Waals surface area contributed by atoms with Gasteiger partial charge in [-0.2, -0.15) is 0 Å². The second-order valence-corrected chi connectivity index (χ2v) is 12.5. The molecule has 6 heteroatoms. The molecule has 0 amide bonds. The van der Waals surface area contributed by atoms with Crippen LogP contribution < -0.4 is 10.3 Å². The predicted molar refractivity (Wildman–Crippen MR) is 146 cm³/mol. The van der Waals surface area contributed by atoms with Crippen molar-refractivity contribution in [3.63, 3.8) is 0 Å². The molecular formula is C28H38N2O2S2. The number of hydrogen-bond donors (Lipinski definition) is 0. The minimum absolute atomic E-state index is 0.0805. The summed E-state index contributed by atoms with van der Waals surface area (Å²) in [5.74, 6) is 2.45. The largest absolute Gasteiger partial charge is 0.494 e. The fourth-order valence-corrected chi connectivity index (χ4v) is 7.17. The van der Waals surface area contributed by atoms with Gasteiger partial charge in [0.15, 0.2) is 5.16 Å². The van der Waals surface area contributed by atoms with Gasteiger partial charge in [0.1, 0.15) is 10.6 Å². The SMILES string of the molecule is CCCCCCSc1nc2sc3c(c2c(=O)n1-c1ccc(OCC)cc1)CCC(C(C)(C)C)C3. The minimum atomic E-state index is 0.0805. The van der Waals surface area contributed by atoms with Crippen LogP contribution in [0.3, 0.4) is 0 Å². The number of benzene rings is 1. The highest BCUT2D eigenvalue weighted by Crippen LogP contribution is 2.42. The summed E-state index contributed by atoms with van der Waals surface area (Å²) in [6, 6.07) is 7.86. The van der Waals surface area contributed by atoms with E-state index in [1.54, 1.807) is 23.1 Å². The molecule has 1 aliphatic rings. The zero-order valence-corrected chi connectivity index (χ0v) is 22.9. The van der Waals surface area contributed by atoms with Crippen molar-refractivity contribution in [1.29, 1.82) is 0 Å². The average Bonchev–Trinajstić information content (AvgIpc) is 3.17. The van der Waals surface area contributed by atoms with Crippen LogP contribution in [0.25, 0.3) is 15.9 Å². The lowest BCUT2D eigenvalue weighted by Crippen LogP contribution is -2.27. The molecule has 0 radical (unpaired) electrons. The highest BCUT2D eigenvalue weighted by Gasteiger charge is 2.32. The molecule has 1 aliphatic carbocycles. The van der Waals surface area contributed by atoms with E-state index in [0.29, 0.717) is 12.5 Å². The third-order valence-corrected chi connectivity index (χ3v) is 9.08. The Morgan fingerprint density at radius 1 is 1.15 bits per heavy atom. The van der Waals surface area contributed by atoms with Crippen LogP contribution in [0.4, 0.5) is 0 Å². The van der Waals surface area contributed by atoms with E-state index in [1.165, 1.54) is 29.7 Å². The van der Waals surface area contributed by atoms with E-state index >= 15 is 0 Å². The molecule has 0 bridgehead atoms. The fraction of sp³-hybridized carbons (Fsp3) is 0.571. The molecule has 0 saturated heterocycles. The van der Waals surface area contributed by atoms with Crippen molar-refractivity contribution in [2.24, 2.45) is 11.3 Å². The van der Waals surface area contributed by atoms with Crippen LogP contribution in [-0.2, 0) is 12.8 Å². The van der Waals surface area contributed by atoms with E-state index in [9.17, 15) is 4.79 Å². The van der Waals surface area contributed by atoms with Gasteiger partial charge in [0.2, 0.25) is 0 Å². The van der Waals surface area contributed by atoms with Gasteiger partial charge < -0.3 is 4.74 Å². The Balaban J connectivity index is 1.76. The topological polar surface area (TPSA) is 44.1 Å². The summed E-state index contributed by atoms with van der Waals surface area (Å²) in [4.78, 5) is 21.4. The molecule has 184 valence electrons. The van der Waals surface area contributed by atoms with Gasteiger partial charge in [-0.25, -0.2) is 4.98 Å². The molecule has 0 fully saturated rings. The zero-order valence-electron chi connectivity index (χ0n) is 21.3. The zero-order chi connectivity index (χ0) is 24.3. The third kappa shape index (κ3) is 5.38. The number of aryl methyl sites for hydroxylation is 1. The fourth-order valence-electron chi connectivity index (χ4n) is 4.82. The number of unbranched alkanes of at least 4 members (excludes halogenated alkanes) is 3. The molecule has 0 saturated carbocycles. The Labute approximate surface area is 212 Å². The Morgan fingerprint density at radius 2 is 1.91 bits per heavy atom. The van der Waals surface area contributed by atoms with Gasteiger partial charge in [-0.15, -0.1) is 11.3 Å². The Kier molecular flexibility index (Phi) is 8.08. The standard InChI is InChI=1S/C28H38N2O2S2/c1-6-8-9-10-17-33-27-29-25-24(22-16-11-19(28(3,4)5)18-23(22)34-25)26(31)30(27)20-12-14-21(15-13-20)32-7-2/h12-15,19H,6-11,16-18H2,1-5H3. The van der Waals surface area contributed by atoms with Crippen LogP contribution in [0, 0.1) is 11.3 Å². The molecule has 1 unspecified atom stereocenters. The maximum absolute atomic E-state index is 14.0. The summed E-state index contributed by atoms with van der Waals surface area (Å²) in [5.41, 5.74) is 2.47. The average molecular weight is 499 g/mol. The highest BCUT2D eigenvalue weighted by atomic mass is 32.2. The lowest BCUT2D eigenvalue weighted by Gasteiger charge is -2.33. The number of thioether (sulfide) groups is 1. The van der Waals surface area contributed by atoms with Crippen molar-refractivity contribution >= 4 is 33.3 Å². The second-order valence-electron chi connectivity index (χ2n) is 10.4. The number of rotatable bonds is 9. The van der Waals surface area contributed by atoms with Crippen molar-refractivity contribution in [2.75, 3.05) is 12.4 Å². The Hall–Kier alpha value is -1.79. The maximum Gasteiger partial charge on any atom is 0.267 e. The monoisotopic (exact) mass is 498 g/mol. The first-order chi connectivity index (χ1) is 16.3. The number of hydrogen-bond acceptors (Lipinski definition) is 5. The van der Waals surface area contributed by atoms with Crippen LogP contribution in [0.1, 0.15) is 77.2 Å². The molecule has 0 aliphatic heterocycles. The van der Waals surface area contributed by atoms with Gasteiger partial charge in [-0.3, -0.25) is 9.36 Å². The summed E-state index contributed by atoms with van der Waals surface area (Å²) in [5, 5.41) is 1.65. The van der Waals surface area contributed by atoms with Crippen LogP contribution >= 0.6 is 23.1 Å². The second kappa shape index (κ2) is 10.9. The van der Waals surface area contributed by atoms with Crippen molar-refractivity contribution in [3.05, 3.63) is 45.1 Å². The Bertz CT molecular complexity index is 1170. The molecule has 1 aromatic carbocycles. The maximum atomic E-state index is 14.0. The summed E-state index contributed by atoms with van der Waals surface area (Å²) in [6.07, 6.45) is 8.01. The first-order valence-electron chi connectivity index (χ1n) is 12.8. The normalized spacial score (nSPS) is 16.1. The molecule has 4 rings (SSSR count). The highest BCUT2D eigenvalue weighted by molar-refractivity contribution is 7.99. The van der Waals surface area contributed by atoms with Gasteiger partial charge >= 0.3 is 0 Å². The smallest absolute Gasteiger partial charge is 0.267 e. The van der Waals surface area contributed by atoms with Gasteiger partial charge in [0, 0.05) is 10.6 Å². The molecule has 0 N–H and O–H groups in total. The molecule has 3 aromatic rings. The number of thiophene rings is 1. The lowest BCUT2D eigenvalue weighted by molar-refractivity contribution is 0.218. The van der Waals surface area contributed by atoms with E-state index in [0.717, 1.165) is 58.2 Å². The van der Waals surface area contributed by atoms with E-state index < -0.39 is 0 Å². The first kappa shape index (κ1) is 25.3. The van der Waals surface area contributed by atoms with Gasteiger partial charge in [0.05, 0.1) is 17.7 Å².